The molecule has 5 heteroatoms. The average Bonchev–Trinajstić information content (AvgIpc) is 3.66. The van der Waals surface area contributed by atoms with Crippen LogP contribution in [0.3, 0.4) is 0 Å². The molecular formula is C63H58GeIrN3. The van der Waals surface area contributed by atoms with Gasteiger partial charge in [0.25, 0.3) is 0 Å². The van der Waals surface area contributed by atoms with E-state index in [-0.39, 0.29) is 36.4 Å². The number of fused-ring (bicyclic) bond motifs is 3. The van der Waals surface area contributed by atoms with Crippen LogP contribution < -0.4 is 17.6 Å². The summed E-state index contributed by atoms with van der Waals surface area (Å²) >= 11 is -3.22. The monoisotopic (exact) mass is 1120 g/mol. The first-order valence-electron chi connectivity index (χ1n) is 23.3. The molecule has 11 rings (SSSR count). The standard InChI is InChI=1S/C33H26GeN.C19H24N.C11H8N.Ir/c1-33(2,3)22-20-27-25-16-10-18-28-30(25)31-26(32(27)35-21-22)17-11-19-29(31)34(28,23-12-6-4-7-13-23)24-14-8-5-9-15-24;1-18(2,3)15-9-7-8-14(12-15)17-13-16(10-11-20-17)19(4,5)6;1-2-6-10(7-3-1)11-8-4-5-9-12-11;/h4-16,18-21H,1-3H3;7,9-13H,1-6H3;1-6,8-9H;/q3*-1;+3. The summed E-state index contributed by atoms with van der Waals surface area (Å²) in [5.74, 6) is 0. The van der Waals surface area contributed by atoms with Gasteiger partial charge in [-0.2, -0.15) is 0 Å². The van der Waals surface area contributed by atoms with Crippen LogP contribution in [-0.2, 0) is 36.4 Å². The summed E-state index contributed by atoms with van der Waals surface area (Å²) < 4.78 is 5.98. The van der Waals surface area contributed by atoms with Gasteiger partial charge in [0.05, 0.1) is 0 Å². The fourth-order valence-electron chi connectivity index (χ4n) is 9.41. The maximum Gasteiger partial charge on any atom is 3.00 e. The Balaban J connectivity index is 0.000000159. The first-order chi connectivity index (χ1) is 32.2. The Bertz CT molecular complexity index is 3200. The van der Waals surface area contributed by atoms with E-state index in [1.165, 1.54) is 55.8 Å². The Morgan fingerprint density at radius 1 is 0.412 bits per heavy atom. The Hall–Kier alpha value is -6.04. The van der Waals surface area contributed by atoms with Crippen molar-refractivity contribution in [2.24, 2.45) is 0 Å². The first kappa shape index (κ1) is 48.4. The molecule has 1 aliphatic heterocycles. The average molecular weight is 1120 g/mol. The smallest absolute Gasteiger partial charge is 0.305 e. The number of hydrogen-bond acceptors (Lipinski definition) is 3. The van der Waals surface area contributed by atoms with Crippen molar-refractivity contribution in [3.63, 3.8) is 0 Å². The largest absolute Gasteiger partial charge is 3.00 e. The van der Waals surface area contributed by atoms with Crippen LogP contribution in [0.2, 0.25) is 0 Å². The molecular weight excluding hydrogens is 1060 g/mol. The van der Waals surface area contributed by atoms with Gasteiger partial charge in [-0.1, -0.05) is 59.7 Å². The summed E-state index contributed by atoms with van der Waals surface area (Å²) in [5.41, 5.74) is 9.37. The van der Waals surface area contributed by atoms with E-state index in [9.17, 15) is 0 Å². The van der Waals surface area contributed by atoms with Gasteiger partial charge in [-0.25, -0.2) is 0 Å². The minimum absolute atomic E-state index is 0. The molecule has 0 N–H and O–H groups in total. The molecule has 4 heterocycles. The SMILES string of the molecule is CC(C)(C)c1cc[c-]c(-c2cc(C(C)(C)C)ccn2)c1.CC(C)(C)c1cnc2c3[c-]cc[c]4c3c3[c](cccc3c2c1)[Ge]4([c]1ccccc1)[c]1ccccc1.[Ir+3].[c-]1ccccc1-c1ccccn1. The van der Waals surface area contributed by atoms with Crippen LogP contribution in [0.1, 0.15) is 79.0 Å². The number of nitrogens with zero attached hydrogens (tertiary/aromatic N) is 3. The van der Waals surface area contributed by atoms with E-state index in [0.717, 1.165) is 33.4 Å². The topological polar surface area (TPSA) is 38.7 Å². The molecule has 0 amide bonds. The summed E-state index contributed by atoms with van der Waals surface area (Å²) in [5, 5.41) is 6.52. The van der Waals surface area contributed by atoms with Crippen LogP contribution in [0.5, 0.6) is 0 Å². The molecule has 0 spiro atoms. The maximum atomic E-state index is 5.07. The molecule has 0 aliphatic carbocycles. The molecule has 0 atom stereocenters. The van der Waals surface area contributed by atoms with Crippen LogP contribution in [0, 0.1) is 18.2 Å². The molecule has 338 valence electrons. The van der Waals surface area contributed by atoms with E-state index in [0.29, 0.717) is 0 Å². The number of benzene rings is 7. The zero-order valence-electron chi connectivity index (χ0n) is 40.6. The van der Waals surface area contributed by atoms with Crippen LogP contribution in [-0.4, -0.2) is 28.2 Å². The second-order valence-corrected chi connectivity index (χ2v) is 28.5. The van der Waals surface area contributed by atoms with Gasteiger partial charge in [-0.3, -0.25) is 0 Å². The third-order valence-corrected chi connectivity index (χ3v) is 23.2. The van der Waals surface area contributed by atoms with Crippen LogP contribution in [0.4, 0.5) is 0 Å². The van der Waals surface area contributed by atoms with E-state index in [4.69, 9.17) is 4.98 Å². The summed E-state index contributed by atoms with van der Waals surface area (Å²) in [7, 11) is 0. The summed E-state index contributed by atoms with van der Waals surface area (Å²) in [6, 6.07) is 70.7. The second-order valence-electron chi connectivity index (χ2n) is 20.6. The molecule has 1 aliphatic rings. The minimum atomic E-state index is -3.22. The molecule has 3 aromatic heterocycles. The third-order valence-electron chi connectivity index (χ3n) is 13.0. The Kier molecular flexibility index (Phi) is 13.9. The molecule has 68 heavy (non-hydrogen) atoms. The van der Waals surface area contributed by atoms with Gasteiger partial charge in [0.1, 0.15) is 0 Å². The summed E-state index contributed by atoms with van der Waals surface area (Å²) in [6.45, 7) is 20.1. The van der Waals surface area contributed by atoms with Gasteiger partial charge >= 0.3 is 229 Å². The number of rotatable bonds is 4. The van der Waals surface area contributed by atoms with Crippen molar-refractivity contribution < 1.29 is 20.1 Å². The second kappa shape index (κ2) is 19.5. The van der Waals surface area contributed by atoms with Crippen molar-refractivity contribution in [1.82, 2.24) is 15.0 Å². The van der Waals surface area contributed by atoms with Gasteiger partial charge in [-0.15, -0.1) is 71.3 Å². The summed E-state index contributed by atoms with van der Waals surface area (Å²) in [4.78, 5) is 13.8. The van der Waals surface area contributed by atoms with Gasteiger partial charge in [-0.05, 0) is 39.9 Å². The maximum absolute atomic E-state index is 5.07. The van der Waals surface area contributed by atoms with Crippen molar-refractivity contribution in [2.45, 2.75) is 78.6 Å². The van der Waals surface area contributed by atoms with Crippen molar-refractivity contribution >= 4 is 63.3 Å². The van der Waals surface area contributed by atoms with Crippen LogP contribution in [0.15, 0.2) is 188 Å². The minimum Gasteiger partial charge on any atom is -0.305 e. The van der Waals surface area contributed by atoms with Gasteiger partial charge < -0.3 is 9.97 Å². The molecule has 0 unspecified atom stereocenters. The van der Waals surface area contributed by atoms with Crippen LogP contribution >= 0.6 is 0 Å². The molecule has 7 aromatic carbocycles. The Morgan fingerprint density at radius 3 is 1.65 bits per heavy atom. The van der Waals surface area contributed by atoms with E-state index in [1.807, 2.05) is 54.7 Å². The zero-order chi connectivity index (χ0) is 47.0. The van der Waals surface area contributed by atoms with Gasteiger partial charge in [0, 0.05) is 12.4 Å². The molecule has 3 nitrogen and oxygen atoms in total. The Labute approximate surface area is 419 Å². The van der Waals surface area contributed by atoms with Crippen molar-refractivity contribution in [2.75, 3.05) is 0 Å². The molecule has 0 saturated heterocycles. The molecule has 0 saturated carbocycles. The predicted molar refractivity (Wildman–Crippen MR) is 286 cm³/mol. The molecule has 0 fully saturated rings. The number of aromatic nitrogens is 3. The predicted octanol–water partition coefficient (Wildman–Crippen LogP) is 13.0. The van der Waals surface area contributed by atoms with E-state index >= 15 is 0 Å². The van der Waals surface area contributed by atoms with E-state index in [1.54, 1.807) is 6.20 Å². The van der Waals surface area contributed by atoms with Gasteiger partial charge in [0.15, 0.2) is 0 Å². The Morgan fingerprint density at radius 2 is 1.01 bits per heavy atom. The molecule has 0 radical (unpaired) electrons. The quantitative estimate of drug-likeness (QED) is 0.100. The summed E-state index contributed by atoms with van der Waals surface area (Å²) in [6.07, 6.45) is 5.75. The molecule has 10 aromatic rings. The van der Waals surface area contributed by atoms with Gasteiger partial charge in [0.2, 0.25) is 0 Å². The number of hydrogen-bond donors (Lipinski definition) is 0. The van der Waals surface area contributed by atoms with Crippen molar-refractivity contribution in [1.29, 1.82) is 0 Å². The van der Waals surface area contributed by atoms with E-state index < -0.39 is 13.3 Å². The fraction of sp³-hybridized carbons (Fsp3) is 0.190. The third kappa shape index (κ3) is 9.39. The fourth-order valence-corrected chi connectivity index (χ4v) is 20.3. The number of pyridine rings is 3. The zero-order valence-corrected chi connectivity index (χ0v) is 45.1. The van der Waals surface area contributed by atoms with Crippen molar-refractivity contribution in [3.05, 3.63) is 223 Å². The van der Waals surface area contributed by atoms with Crippen LogP contribution in [0.25, 0.3) is 55.0 Å². The first-order valence-corrected chi connectivity index (χ1v) is 27.5. The molecule has 0 bridgehead atoms. The van der Waals surface area contributed by atoms with E-state index in [2.05, 4.69) is 218 Å². The normalized spacial score (nSPS) is 12.8. The van der Waals surface area contributed by atoms with Crippen molar-refractivity contribution in [3.8, 4) is 22.5 Å².